The highest BCUT2D eigenvalue weighted by atomic mass is 79.9. The Labute approximate surface area is 120 Å². The minimum atomic E-state index is -0.513. The van der Waals surface area contributed by atoms with Crippen LogP contribution in [0.3, 0.4) is 0 Å². The molecule has 1 aromatic carbocycles. The molecule has 0 fully saturated rings. The minimum absolute atomic E-state index is 0.135. The standard InChI is InChI=1S/C13H17BrN2O3/c1-9-5-4-6-11(16(18)19)12(9)13(17)15(3)8-7-10(2)14/h4-6,10H,7-8H2,1-3H3. The topological polar surface area (TPSA) is 63.5 Å². The molecule has 0 heterocycles. The van der Waals surface area contributed by atoms with Crippen LogP contribution in [0.15, 0.2) is 18.2 Å². The van der Waals surface area contributed by atoms with Crippen LogP contribution in [-0.4, -0.2) is 34.2 Å². The third-order valence-electron chi connectivity index (χ3n) is 2.87. The summed E-state index contributed by atoms with van der Waals surface area (Å²) < 4.78 is 0. The molecule has 1 aromatic rings. The van der Waals surface area contributed by atoms with E-state index >= 15 is 0 Å². The second-order valence-electron chi connectivity index (χ2n) is 4.52. The summed E-state index contributed by atoms with van der Waals surface area (Å²) in [4.78, 5) is 24.6. The number of aryl methyl sites for hydroxylation is 1. The number of nitro groups is 1. The van der Waals surface area contributed by atoms with Crippen LogP contribution in [0, 0.1) is 17.0 Å². The number of amides is 1. The van der Waals surface area contributed by atoms with Gasteiger partial charge in [0.1, 0.15) is 5.56 Å². The van der Waals surface area contributed by atoms with Crippen molar-refractivity contribution in [2.24, 2.45) is 0 Å². The number of nitrogens with zero attached hydrogens (tertiary/aromatic N) is 2. The molecule has 0 aliphatic rings. The zero-order valence-electron chi connectivity index (χ0n) is 11.2. The molecular formula is C13H17BrN2O3. The molecule has 0 spiro atoms. The molecule has 0 aromatic heterocycles. The van der Waals surface area contributed by atoms with E-state index in [1.54, 1.807) is 26.1 Å². The summed E-state index contributed by atoms with van der Waals surface area (Å²) in [6, 6.07) is 4.66. The molecule has 1 rings (SSSR count). The van der Waals surface area contributed by atoms with Gasteiger partial charge in [0.2, 0.25) is 0 Å². The molecule has 1 amide bonds. The van der Waals surface area contributed by atoms with Gasteiger partial charge in [0.05, 0.1) is 4.92 Å². The summed E-state index contributed by atoms with van der Waals surface area (Å²) in [5.74, 6) is -0.307. The normalized spacial score (nSPS) is 12.0. The Hall–Kier alpha value is -1.43. The predicted octanol–water partition coefficient (Wildman–Crippen LogP) is 3.15. The average Bonchev–Trinajstić information content (AvgIpc) is 2.34. The third-order valence-corrected chi connectivity index (χ3v) is 3.33. The second-order valence-corrected chi connectivity index (χ2v) is 6.09. The van der Waals surface area contributed by atoms with Gasteiger partial charge in [0, 0.05) is 24.5 Å². The first-order chi connectivity index (χ1) is 8.84. The Morgan fingerprint density at radius 1 is 1.53 bits per heavy atom. The van der Waals surface area contributed by atoms with Crippen molar-refractivity contribution in [1.82, 2.24) is 4.90 Å². The van der Waals surface area contributed by atoms with Crippen molar-refractivity contribution in [1.29, 1.82) is 0 Å². The van der Waals surface area contributed by atoms with E-state index in [2.05, 4.69) is 15.9 Å². The maximum Gasteiger partial charge on any atom is 0.282 e. The summed E-state index contributed by atoms with van der Waals surface area (Å²) in [7, 11) is 1.66. The number of benzene rings is 1. The highest BCUT2D eigenvalue weighted by Crippen LogP contribution is 2.23. The number of alkyl halides is 1. The van der Waals surface area contributed by atoms with E-state index in [4.69, 9.17) is 0 Å². The van der Waals surface area contributed by atoms with E-state index in [9.17, 15) is 14.9 Å². The van der Waals surface area contributed by atoms with Gasteiger partial charge in [0.25, 0.3) is 11.6 Å². The predicted molar refractivity (Wildman–Crippen MR) is 77.8 cm³/mol. The van der Waals surface area contributed by atoms with E-state index in [1.807, 2.05) is 6.92 Å². The van der Waals surface area contributed by atoms with Gasteiger partial charge in [-0.2, -0.15) is 0 Å². The van der Waals surface area contributed by atoms with Crippen LogP contribution in [0.2, 0.25) is 0 Å². The Bertz CT molecular complexity index is 489. The third kappa shape index (κ3) is 4.02. The van der Waals surface area contributed by atoms with Crippen molar-refractivity contribution in [2.45, 2.75) is 25.1 Å². The average molecular weight is 329 g/mol. The van der Waals surface area contributed by atoms with Crippen molar-refractivity contribution in [3.8, 4) is 0 Å². The fourth-order valence-electron chi connectivity index (χ4n) is 1.75. The molecule has 0 N–H and O–H groups in total. The number of hydrogen-bond acceptors (Lipinski definition) is 3. The lowest BCUT2D eigenvalue weighted by Gasteiger charge is -2.18. The summed E-state index contributed by atoms with van der Waals surface area (Å²) in [6.07, 6.45) is 0.794. The number of rotatable bonds is 5. The van der Waals surface area contributed by atoms with Crippen LogP contribution in [0.1, 0.15) is 29.3 Å². The summed E-state index contributed by atoms with van der Waals surface area (Å²) in [5, 5.41) is 11.0. The van der Waals surface area contributed by atoms with Crippen molar-refractivity contribution in [3.05, 3.63) is 39.4 Å². The van der Waals surface area contributed by atoms with Crippen LogP contribution >= 0.6 is 15.9 Å². The van der Waals surface area contributed by atoms with Gasteiger partial charge >= 0.3 is 0 Å². The van der Waals surface area contributed by atoms with Gasteiger partial charge in [-0.1, -0.05) is 35.0 Å². The molecule has 5 nitrogen and oxygen atoms in total. The highest BCUT2D eigenvalue weighted by Gasteiger charge is 2.24. The van der Waals surface area contributed by atoms with E-state index < -0.39 is 4.92 Å². The fourth-order valence-corrected chi connectivity index (χ4v) is 1.95. The van der Waals surface area contributed by atoms with Gasteiger partial charge in [-0.3, -0.25) is 14.9 Å². The van der Waals surface area contributed by atoms with Gasteiger partial charge < -0.3 is 4.90 Å². The number of hydrogen-bond donors (Lipinski definition) is 0. The highest BCUT2D eigenvalue weighted by molar-refractivity contribution is 9.09. The lowest BCUT2D eigenvalue weighted by Crippen LogP contribution is -2.30. The van der Waals surface area contributed by atoms with Gasteiger partial charge in [-0.25, -0.2) is 0 Å². The molecule has 0 bridgehead atoms. The van der Waals surface area contributed by atoms with Crippen molar-refractivity contribution in [2.75, 3.05) is 13.6 Å². The van der Waals surface area contributed by atoms with Gasteiger partial charge in [0.15, 0.2) is 0 Å². The van der Waals surface area contributed by atoms with Crippen LogP contribution < -0.4 is 0 Å². The zero-order chi connectivity index (χ0) is 14.6. The fraction of sp³-hybridized carbons (Fsp3) is 0.462. The largest absolute Gasteiger partial charge is 0.341 e. The first-order valence-electron chi connectivity index (χ1n) is 5.98. The lowest BCUT2D eigenvalue weighted by atomic mass is 10.1. The lowest BCUT2D eigenvalue weighted by molar-refractivity contribution is -0.385. The van der Waals surface area contributed by atoms with Crippen molar-refractivity contribution < 1.29 is 9.72 Å². The summed E-state index contributed by atoms with van der Waals surface area (Å²) >= 11 is 3.41. The first-order valence-corrected chi connectivity index (χ1v) is 6.89. The molecule has 0 saturated carbocycles. The van der Waals surface area contributed by atoms with E-state index in [-0.39, 0.29) is 17.2 Å². The van der Waals surface area contributed by atoms with E-state index in [0.717, 1.165) is 6.42 Å². The summed E-state index contributed by atoms with van der Waals surface area (Å²) in [6.45, 7) is 4.26. The quantitative estimate of drug-likeness (QED) is 0.474. The van der Waals surface area contributed by atoms with Gasteiger partial charge in [-0.05, 0) is 18.9 Å². The Kier molecular flexibility index (Phi) is 5.47. The number of halogens is 1. The Balaban J connectivity index is 3.02. The first kappa shape index (κ1) is 15.6. The molecule has 6 heteroatoms. The molecular weight excluding hydrogens is 312 g/mol. The molecule has 1 unspecified atom stereocenters. The number of carbonyl (C=O) groups is 1. The van der Waals surface area contributed by atoms with Gasteiger partial charge in [-0.15, -0.1) is 0 Å². The Morgan fingerprint density at radius 3 is 2.68 bits per heavy atom. The smallest absolute Gasteiger partial charge is 0.282 e. The molecule has 0 radical (unpaired) electrons. The second kappa shape index (κ2) is 6.65. The van der Waals surface area contributed by atoms with Crippen LogP contribution in [0.5, 0.6) is 0 Å². The van der Waals surface area contributed by atoms with Crippen LogP contribution in [-0.2, 0) is 0 Å². The zero-order valence-corrected chi connectivity index (χ0v) is 12.8. The Morgan fingerprint density at radius 2 is 2.16 bits per heavy atom. The van der Waals surface area contributed by atoms with Crippen LogP contribution in [0.25, 0.3) is 0 Å². The number of carbonyl (C=O) groups excluding carboxylic acids is 1. The van der Waals surface area contributed by atoms with Crippen molar-refractivity contribution >= 4 is 27.5 Å². The molecule has 0 aliphatic heterocycles. The maximum absolute atomic E-state index is 12.3. The molecule has 104 valence electrons. The molecule has 19 heavy (non-hydrogen) atoms. The van der Waals surface area contributed by atoms with Crippen molar-refractivity contribution in [3.63, 3.8) is 0 Å². The maximum atomic E-state index is 12.3. The minimum Gasteiger partial charge on any atom is -0.341 e. The summed E-state index contributed by atoms with van der Waals surface area (Å²) in [5.41, 5.74) is 0.666. The molecule has 0 saturated heterocycles. The van der Waals surface area contributed by atoms with E-state index in [1.165, 1.54) is 11.0 Å². The number of nitro benzene ring substituents is 1. The monoisotopic (exact) mass is 328 g/mol. The van der Waals surface area contributed by atoms with Crippen LogP contribution in [0.4, 0.5) is 5.69 Å². The van der Waals surface area contributed by atoms with E-state index in [0.29, 0.717) is 16.9 Å². The molecule has 1 atom stereocenters. The molecule has 0 aliphatic carbocycles. The SMILES string of the molecule is Cc1cccc([N+](=O)[O-])c1C(=O)N(C)CCC(C)Br.